The molecular formula is C7H3N3O4S. The Kier molecular flexibility index (Phi) is 2.05. The number of hydrogen-bond acceptors (Lipinski definition) is 6. The Morgan fingerprint density at radius 2 is 1.93 bits per heavy atom. The zero-order chi connectivity index (χ0) is 11.0. The first-order valence-electron chi connectivity index (χ1n) is 3.77. The molecule has 2 rings (SSSR count). The van der Waals surface area contributed by atoms with Crippen molar-refractivity contribution in [2.24, 2.45) is 0 Å². The van der Waals surface area contributed by atoms with Gasteiger partial charge in [0.25, 0.3) is 5.69 Å². The minimum atomic E-state index is -0.615. The third-order valence-electron chi connectivity index (χ3n) is 1.73. The van der Waals surface area contributed by atoms with E-state index in [1.54, 1.807) is 0 Å². The first kappa shape index (κ1) is 9.46. The zero-order valence-corrected chi connectivity index (χ0v) is 7.93. The van der Waals surface area contributed by atoms with E-state index in [-0.39, 0.29) is 10.8 Å². The van der Waals surface area contributed by atoms with Gasteiger partial charge in [-0.15, -0.1) is 0 Å². The summed E-state index contributed by atoms with van der Waals surface area (Å²) in [6, 6.07) is 3.95. The van der Waals surface area contributed by atoms with Gasteiger partial charge in [-0.2, -0.15) is 0 Å². The van der Waals surface area contributed by atoms with E-state index in [2.05, 4.69) is 4.98 Å². The maximum absolute atomic E-state index is 10.4. The highest BCUT2D eigenvalue weighted by Gasteiger charge is 2.17. The summed E-state index contributed by atoms with van der Waals surface area (Å²) in [4.78, 5) is 23.4. The average Bonchev–Trinajstić information content (AvgIpc) is 2.59. The van der Waals surface area contributed by atoms with Crippen molar-refractivity contribution >= 4 is 32.4 Å². The number of thiazole rings is 1. The number of fused-ring (bicyclic) bond motifs is 1. The van der Waals surface area contributed by atoms with Gasteiger partial charge in [0.2, 0.25) is 0 Å². The molecule has 0 amide bonds. The second kappa shape index (κ2) is 3.24. The Morgan fingerprint density at radius 3 is 2.53 bits per heavy atom. The molecule has 0 N–H and O–H groups in total. The summed E-state index contributed by atoms with van der Waals surface area (Å²) in [5, 5.41) is 20.6. The molecule has 0 unspecified atom stereocenters. The molecule has 0 aliphatic carbocycles. The molecule has 15 heavy (non-hydrogen) atoms. The summed E-state index contributed by atoms with van der Waals surface area (Å²) < 4.78 is 0.441. The number of rotatable bonds is 2. The lowest BCUT2D eigenvalue weighted by molar-refractivity contribution is -0.384. The van der Waals surface area contributed by atoms with Crippen molar-refractivity contribution in [2.45, 2.75) is 0 Å². The van der Waals surface area contributed by atoms with Crippen molar-refractivity contribution < 1.29 is 9.85 Å². The molecule has 0 aliphatic rings. The number of hydrogen-bond donors (Lipinski definition) is 0. The van der Waals surface area contributed by atoms with Gasteiger partial charge in [0.1, 0.15) is 0 Å². The maximum atomic E-state index is 10.4. The summed E-state index contributed by atoms with van der Waals surface area (Å²) in [5.74, 6) is 0. The van der Waals surface area contributed by atoms with Crippen LogP contribution in [0.4, 0.5) is 10.8 Å². The highest BCUT2D eigenvalue weighted by molar-refractivity contribution is 7.21. The average molecular weight is 225 g/mol. The van der Waals surface area contributed by atoms with Gasteiger partial charge in [-0.3, -0.25) is 10.1 Å². The van der Waals surface area contributed by atoms with E-state index in [1.807, 2.05) is 0 Å². The van der Waals surface area contributed by atoms with Gasteiger partial charge in [-0.1, -0.05) is 0 Å². The summed E-state index contributed by atoms with van der Waals surface area (Å²) >= 11 is 0.822. The van der Waals surface area contributed by atoms with Gasteiger partial charge in [0.05, 0.1) is 9.62 Å². The summed E-state index contributed by atoms with van der Waals surface area (Å²) in [6.07, 6.45) is 0. The van der Waals surface area contributed by atoms with Crippen molar-refractivity contribution in [3.05, 3.63) is 38.4 Å². The Labute approximate surface area is 86.3 Å². The van der Waals surface area contributed by atoms with E-state index >= 15 is 0 Å². The molecule has 0 bridgehead atoms. The molecule has 0 saturated heterocycles. The number of benzene rings is 1. The van der Waals surface area contributed by atoms with Gasteiger partial charge in [-0.25, -0.2) is 0 Å². The monoisotopic (exact) mass is 225 g/mol. The van der Waals surface area contributed by atoms with Gasteiger partial charge >= 0.3 is 5.13 Å². The Morgan fingerprint density at radius 1 is 1.20 bits per heavy atom. The highest BCUT2D eigenvalue weighted by Crippen LogP contribution is 2.29. The number of aromatic nitrogens is 1. The number of non-ortho nitro benzene ring substituents is 1. The summed E-state index contributed by atoms with van der Waals surface area (Å²) in [6.45, 7) is 0. The second-order valence-electron chi connectivity index (χ2n) is 2.66. The van der Waals surface area contributed by atoms with Crippen LogP contribution in [0.25, 0.3) is 10.2 Å². The molecule has 76 valence electrons. The lowest BCUT2D eigenvalue weighted by atomic mass is 10.3. The second-order valence-corrected chi connectivity index (χ2v) is 3.67. The van der Waals surface area contributed by atoms with Crippen molar-refractivity contribution in [3.63, 3.8) is 0 Å². The third kappa shape index (κ3) is 1.62. The molecule has 7 nitrogen and oxygen atoms in total. The van der Waals surface area contributed by atoms with E-state index < -0.39 is 9.85 Å². The Hall–Kier alpha value is -2.09. The van der Waals surface area contributed by atoms with E-state index in [4.69, 9.17) is 0 Å². The van der Waals surface area contributed by atoms with Crippen LogP contribution >= 0.6 is 11.3 Å². The van der Waals surface area contributed by atoms with Crippen LogP contribution in [-0.4, -0.2) is 14.8 Å². The number of nitrogens with zero attached hydrogens (tertiary/aromatic N) is 3. The van der Waals surface area contributed by atoms with Crippen molar-refractivity contribution in [1.29, 1.82) is 0 Å². The fourth-order valence-electron chi connectivity index (χ4n) is 1.09. The summed E-state index contributed by atoms with van der Waals surface area (Å²) in [5.41, 5.74) is 0.304. The Bertz CT molecular complexity index is 552. The minimum Gasteiger partial charge on any atom is -0.357 e. The molecule has 0 radical (unpaired) electrons. The van der Waals surface area contributed by atoms with Crippen LogP contribution in [0.15, 0.2) is 18.2 Å². The fraction of sp³-hybridized carbons (Fsp3) is 0. The number of nitro benzene ring substituents is 1. The van der Waals surface area contributed by atoms with Crippen LogP contribution in [0.1, 0.15) is 0 Å². The molecular weight excluding hydrogens is 222 g/mol. The molecule has 0 fully saturated rings. The van der Waals surface area contributed by atoms with E-state index in [0.717, 1.165) is 11.3 Å². The topological polar surface area (TPSA) is 99.2 Å². The van der Waals surface area contributed by atoms with E-state index in [0.29, 0.717) is 10.2 Å². The third-order valence-corrected chi connectivity index (χ3v) is 2.70. The smallest absolute Gasteiger partial charge is 0.357 e. The van der Waals surface area contributed by atoms with Crippen LogP contribution < -0.4 is 0 Å². The predicted molar refractivity (Wildman–Crippen MR) is 52.9 cm³/mol. The van der Waals surface area contributed by atoms with E-state index in [9.17, 15) is 20.2 Å². The summed E-state index contributed by atoms with van der Waals surface area (Å²) in [7, 11) is 0. The largest absolute Gasteiger partial charge is 0.424 e. The molecule has 1 aromatic heterocycles. The molecule has 1 heterocycles. The molecule has 0 atom stereocenters. The van der Waals surface area contributed by atoms with Crippen LogP contribution in [-0.2, 0) is 0 Å². The lowest BCUT2D eigenvalue weighted by Gasteiger charge is -1.87. The standard InChI is InChI=1S/C7H3N3O4S/c11-9(12)4-1-2-5-6(3-4)15-7(8-5)10(13)14/h1-3H. The molecule has 2 aromatic rings. The molecule has 0 saturated carbocycles. The van der Waals surface area contributed by atoms with Crippen molar-refractivity contribution in [3.8, 4) is 0 Å². The van der Waals surface area contributed by atoms with Crippen LogP contribution in [0.5, 0.6) is 0 Å². The van der Waals surface area contributed by atoms with Crippen LogP contribution in [0.3, 0.4) is 0 Å². The maximum Gasteiger partial charge on any atom is 0.424 e. The van der Waals surface area contributed by atoms with Crippen LogP contribution in [0.2, 0.25) is 0 Å². The zero-order valence-electron chi connectivity index (χ0n) is 7.11. The lowest BCUT2D eigenvalue weighted by Crippen LogP contribution is -1.86. The first-order valence-corrected chi connectivity index (χ1v) is 4.59. The molecule has 8 heteroatoms. The normalized spacial score (nSPS) is 10.4. The fourth-order valence-corrected chi connectivity index (χ4v) is 1.91. The van der Waals surface area contributed by atoms with Crippen molar-refractivity contribution in [1.82, 2.24) is 4.98 Å². The molecule has 0 aliphatic heterocycles. The Balaban J connectivity index is 2.62. The van der Waals surface area contributed by atoms with Gasteiger partial charge in [0, 0.05) is 12.1 Å². The van der Waals surface area contributed by atoms with Gasteiger partial charge < -0.3 is 10.1 Å². The number of nitro groups is 2. The van der Waals surface area contributed by atoms with Gasteiger partial charge in [-0.05, 0) is 27.3 Å². The first-order chi connectivity index (χ1) is 7.08. The minimum absolute atomic E-state index is 0.0963. The highest BCUT2D eigenvalue weighted by atomic mass is 32.1. The quantitative estimate of drug-likeness (QED) is 0.575. The van der Waals surface area contributed by atoms with Gasteiger partial charge in [0.15, 0.2) is 5.52 Å². The van der Waals surface area contributed by atoms with E-state index in [1.165, 1.54) is 18.2 Å². The molecule has 1 aromatic carbocycles. The molecule has 0 spiro atoms. The predicted octanol–water partition coefficient (Wildman–Crippen LogP) is 2.11. The SMILES string of the molecule is O=[N+]([O-])c1ccc2nc([N+](=O)[O-])sc2c1. The van der Waals surface area contributed by atoms with Crippen LogP contribution in [0, 0.1) is 20.2 Å². The van der Waals surface area contributed by atoms with Crippen molar-refractivity contribution in [2.75, 3.05) is 0 Å².